The van der Waals surface area contributed by atoms with Gasteiger partial charge >= 0.3 is 5.69 Å². The van der Waals surface area contributed by atoms with Crippen molar-refractivity contribution < 1.29 is 0 Å². The van der Waals surface area contributed by atoms with Crippen molar-refractivity contribution in [3.05, 3.63) is 22.6 Å². The zero-order chi connectivity index (χ0) is 10.1. The van der Waals surface area contributed by atoms with Crippen molar-refractivity contribution in [2.45, 2.75) is 31.0 Å². The van der Waals surface area contributed by atoms with Gasteiger partial charge in [-0.25, -0.2) is 9.89 Å². The zero-order valence-electron chi connectivity index (χ0n) is 8.12. The van der Waals surface area contributed by atoms with E-state index in [1.807, 2.05) is 6.92 Å². The predicted octanol–water partition coefficient (Wildman–Crippen LogP) is 1.57. The van der Waals surface area contributed by atoms with Gasteiger partial charge in [0.2, 0.25) is 0 Å². The molecule has 0 atom stereocenters. The number of hydrogen-bond donors (Lipinski definition) is 1. The van der Waals surface area contributed by atoms with E-state index in [4.69, 9.17) is 0 Å². The van der Waals surface area contributed by atoms with E-state index in [-0.39, 0.29) is 5.69 Å². The molecule has 4 nitrogen and oxygen atoms in total. The maximum atomic E-state index is 11.4. The average molecular weight is 211 g/mol. The Labute approximate surface area is 86.4 Å². The fourth-order valence-corrected chi connectivity index (χ4v) is 2.09. The lowest BCUT2D eigenvalue weighted by Gasteiger charge is -2.02. The number of nitrogens with zero attached hydrogens (tertiary/aromatic N) is 2. The molecule has 1 heterocycles. The summed E-state index contributed by atoms with van der Waals surface area (Å²) in [5.74, 6) is 0.816. The van der Waals surface area contributed by atoms with Crippen LogP contribution in [0.1, 0.15) is 25.8 Å². The molecule has 1 aromatic rings. The fraction of sp³-hybridized carbons (Fsp3) is 0.556. The molecule has 0 unspecified atom stereocenters. The van der Waals surface area contributed by atoms with Crippen molar-refractivity contribution in [1.82, 2.24) is 14.8 Å². The number of hydrogen-bond acceptors (Lipinski definition) is 3. The molecule has 0 bridgehead atoms. The molecule has 1 aliphatic carbocycles. The summed E-state index contributed by atoms with van der Waals surface area (Å²) in [7, 11) is 0. The number of H-pyrrole nitrogens is 1. The van der Waals surface area contributed by atoms with Gasteiger partial charge in [0, 0.05) is 11.8 Å². The number of thioether (sulfide) groups is 1. The molecule has 5 heteroatoms. The summed E-state index contributed by atoms with van der Waals surface area (Å²) in [5, 5.41) is 7.28. The van der Waals surface area contributed by atoms with Gasteiger partial charge in [-0.15, -0.1) is 5.10 Å². The number of aromatic amines is 1. The number of nitrogens with one attached hydrogen (secondary N) is 1. The summed E-state index contributed by atoms with van der Waals surface area (Å²) in [6, 6.07) is 0.383. The van der Waals surface area contributed by atoms with Gasteiger partial charge in [-0.1, -0.05) is 23.9 Å². The minimum Gasteiger partial charge on any atom is -0.267 e. The summed E-state index contributed by atoms with van der Waals surface area (Å²) in [6.45, 7) is 5.79. The second-order valence-corrected chi connectivity index (χ2v) is 4.60. The third kappa shape index (κ3) is 1.92. The molecule has 1 N–H and O–H groups in total. The molecule has 0 amide bonds. The Hall–Kier alpha value is -0.970. The molecule has 0 radical (unpaired) electrons. The molecule has 0 spiro atoms. The van der Waals surface area contributed by atoms with Gasteiger partial charge in [0.15, 0.2) is 5.16 Å². The largest absolute Gasteiger partial charge is 0.344 e. The maximum absolute atomic E-state index is 11.4. The van der Waals surface area contributed by atoms with Crippen LogP contribution in [-0.4, -0.2) is 20.5 Å². The molecule has 0 aliphatic heterocycles. The van der Waals surface area contributed by atoms with Crippen LogP contribution < -0.4 is 5.69 Å². The molecule has 14 heavy (non-hydrogen) atoms. The van der Waals surface area contributed by atoms with Crippen LogP contribution in [-0.2, 0) is 0 Å². The Bertz CT molecular complexity index is 402. The normalized spacial score (nSPS) is 15.8. The Morgan fingerprint density at radius 2 is 2.50 bits per heavy atom. The molecule has 0 aromatic carbocycles. The predicted molar refractivity (Wildman–Crippen MR) is 56.7 cm³/mol. The van der Waals surface area contributed by atoms with Crippen LogP contribution in [0.15, 0.2) is 22.1 Å². The van der Waals surface area contributed by atoms with E-state index in [2.05, 4.69) is 16.8 Å². The number of rotatable bonds is 4. The molecule has 1 aromatic heterocycles. The van der Waals surface area contributed by atoms with Crippen molar-refractivity contribution in [3.63, 3.8) is 0 Å². The highest BCUT2D eigenvalue weighted by atomic mass is 32.2. The van der Waals surface area contributed by atoms with Crippen LogP contribution in [0.4, 0.5) is 0 Å². The Morgan fingerprint density at radius 1 is 1.79 bits per heavy atom. The SMILES string of the molecule is C=C(C)CSc1n[nH]c(=O)n1C1CC1. The summed E-state index contributed by atoms with van der Waals surface area (Å²) >= 11 is 1.57. The standard InChI is InChI=1S/C9H13N3OS/c1-6(2)5-14-9-11-10-8(13)12(9)7-3-4-7/h7H,1,3-5H2,2H3,(H,10,13). The highest BCUT2D eigenvalue weighted by Crippen LogP contribution is 2.36. The Balaban J connectivity index is 2.16. The minimum absolute atomic E-state index is 0.0864. The first-order valence-electron chi connectivity index (χ1n) is 4.62. The first kappa shape index (κ1) is 9.58. The average Bonchev–Trinajstić information content (AvgIpc) is 2.88. The maximum Gasteiger partial charge on any atom is 0.344 e. The summed E-state index contributed by atoms with van der Waals surface area (Å²) in [6.07, 6.45) is 2.19. The van der Waals surface area contributed by atoms with E-state index < -0.39 is 0 Å². The molecule has 76 valence electrons. The van der Waals surface area contributed by atoms with Crippen LogP contribution >= 0.6 is 11.8 Å². The van der Waals surface area contributed by atoms with Gasteiger partial charge in [0.05, 0.1) is 0 Å². The van der Waals surface area contributed by atoms with Crippen LogP contribution in [0.3, 0.4) is 0 Å². The number of aromatic nitrogens is 3. The van der Waals surface area contributed by atoms with Crippen molar-refractivity contribution in [2.24, 2.45) is 0 Å². The van der Waals surface area contributed by atoms with Gasteiger partial charge in [0.1, 0.15) is 0 Å². The third-order valence-electron chi connectivity index (χ3n) is 2.03. The quantitative estimate of drug-likeness (QED) is 0.607. The minimum atomic E-state index is -0.0864. The van der Waals surface area contributed by atoms with Crippen LogP contribution in [0, 0.1) is 0 Å². The topological polar surface area (TPSA) is 50.7 Å². The van der Waals surface area contributed by atoms with Crippen molar-refractivity contribution in [1.29, 1.82) is 0 Å². The zero-order valence-corrected chi connectivity index (χ0v) is 8.93. The van der Waals surface area contributed by atoms with Crippen LogP contribution in [0.25, 0.3) is 0 Å². The molecule has 1 fully saturated rings. The first-order valence-corrected chi connectivity index (χ1v) is 5.61. The molecule has 1 aliphatic rings. The second kappa shape index (κ2) is 3.65. The summed E-state index contributed by atoms with van der Waals surface area (Å²) < 4.78 is 1.76. The molecular formula is C9H13N3OS. The van der Waals surface area contributed by atoms with Crippen molar-refractivity contribution in [2.75, 3.05) is 5.75 Å². The van der Waals surface area contributed by atoms with E-state index in [0.29, 0.717) is 6.04 Å². The fourth-order valence-electron chi connectivity index (χ4n) is 1.23. The Kier molecular flexibility index (Phi) is 2.50. The molecule has 0 saturated heterocycles. The van der Waals surface area contributed by atoms with E-state index in [1.54, 1.807) is 16.3 Å². The highest BCUT2D eigenvalue weighted by molar-refractivity contribution is 7.99. The van der Waals surface area contributed by atoms with Gasteiger partial charge < -0.3 is 0 Å². The third-order valence-corrected chi connectivity index (χ3v) is 3.22. The molecule has 2 rings (SSSR count). The van der Waals surface area contributed by atoms with Gasteiger partial charge in [0.25, 0.3) is 0 Å². The van der Waals surface area contributed by atoms with E-state index in [0.717, 1.165) is 29.3 Å². The second-order valence-electron chi connectivity index (χ2n) is 3.66. The summed E-state index contributed by atoms with van der Waals surface area (Å²) in [5.41, 5.74) is 1.00. The lowest BCUT2D eigenvalue weighted by molar-refractivity contribution is 0.643. The highest BCUT2D eigenvalue weighted by Gasteiger charge is 2.28. The Morgan fingerprint density at radius 3 is 3.07 bits per heavy atom. The van der Waals surface area contributed by atoms with E-state index in [9.17, 15) is 4.79 Å². The van der Waals surface area contributed by atoms with Gasteiger partial charge in [-0.05, 0) is 19.8 Å². The summed E-state index contributed by atoms with van der Waals surface area (Å²) in [4.78, 5) is 11.4. The van der Waals surface area contributed by atoms with E-state index in [1.165, 1.54) is 0 Å². The molecular weight excluding hydrogens is 198 g/mol. The first-order chi connectivity index (χ1) is 6.68. The molecule has 1 saturated carbocycles. The van der Waals surface area contributed by atoms with Crippen LogP contribution in [0.5, 0.6) is 0 Å². The van der Waals surface area contributed by atoms with Crippen molar-refractivity contribution >= 4 is 11.8 Å². The monoisotopic (exact) mass is 211 g/mol. The van der Waals surface area contributed by atoms with Crippen molar-refractivity contribution in [3.8, 4) is 0 Å². The lowest BCUT2D eigenvalue weighted by Crippen LogP contribution is -2.16. The lowest BCUT2D eigenvalue weighted by atomic mass is 10.4. The van der Waals surface area contributed by atoms with E-state index >= 15 is 0 Å². The van der Waals surface area contributed by atoms with Crippen LogP contribution in [0.2, 0.25) is 0 Å². The van der Waals surface area contributed by atoms with Gasteiger partial charge in [-0.3, -0.25) is 4.57 Å². The smallest absolute Gasteiger partial charge is 0.267 e. The van der Waals surface area contributed by atoms with Gasteiger partial charge in [-0.2, -0.15) is 0 Å².